The normalized spacial score (nSPS) is 13.7. The molecule has 0 saturated heterocycles. The second kappa shape index (κ2) is 10.2. The Hall–Kier alpha value is -0.720. The van der Waals surface area contributed by atoms with Gasteiger partial charge in [0.25, 0.3) is 0 Å². The average Bonchev–Trinajstić information content (AvgIpc) is 2.36. The van der Waals surface area contributed by atoms with E-state index in [2.05, 4.69) is 6.58 Å². The van der Waals surface area contributed by atoms with Gasteiger partial charge >= 0.3 is 13.8 Å². The summed E-state index contributed by atoms with van der Waals surface area (Å²) in [6.45, 7) is 6.19. The van der Waals surface area contributed by atoms with Gasteiger partial charge in [-0.15, -0.1) is 0 Å². The van der Waals surface area contributed by atoms with Gasteiger partial charge in [-0.2, -0.15) is 0 Å². The maximum atomic E-state index is 11.2. The lowest BCUT2D eigenvalue weighted by Gasteiger charge is -2.26. The Morgan fingerprint density at radius 3 is 2.26 bits per heavy atom. The molecule has 0 rings (SSSR count). The molecule has 0 aromatic heterocycles. The van der Waals surface area contributed by atoms with E-state index in [1.807, 2.05) is 21.1 Å². The maximum absolute atomic E-state index is 11.2. The number of ether oxygens (including phenoxy) is 1. The van der Waals surface area contributed by atoms with Crippen molar-refractivity contribution >= 4 is 13.8 Å². The number of nitrogens with zero attached hydrogens (tertiary/aromatic N) is 1. The third-order valence-electron chi connectivity index (χ3n) is 3.16. The van der Waals surface area contributed by atoms with Crippen molar-refractivity contribution in [2.75, 3.05) is 34.3 Å². The van der Waals surface area contributed by atoms with Gasteiger partial charge in [-0.25, -0.2) is 9.36 Å². The van der Waals surface area contributed by atoms with Crippen LogP contribution >= 0.6 is 7.82 Å². The molecule has 0 fully saturated rings. The fraction of sp³-hybridized carbons (Fsp3) is 0.800. The molecule has 8 heteroatoms. The monoisotopic (exact) mass is 352 g/mol. The van der Waals surface area contributed by atoms with Crippen LogP contribution in [0.15, 0.2) is 12.2 Å². The molecule has 1 unspecified atom stereocenters. The molecule has 0 amide bonds. The summed E-state index contributed by atoms with van der Waals surface area (Å²) in [5.41, 5.74) is 0.375. The number of quaternary nitrogens is 1. The van der Waals surface area contributed by atoms with Crippen molar-refractivity contribution < 1.29 is 32.9 Å². The SMILES string of the molecule is C=C(C)C(=O)OCCCCCC(CC[N+](C)(C)C)OP(=O)(O)O. The molecule has 136 valence electrons. The molecule has 0 heterocycles. The van der Waals surface area contributed by atoms with E-state index in [1.165, 1.54) is 0 Å². The highest BCUT2D eigenvalue weighted by molar-refractivity contribution is 7.46. The molecule has 0 radical (unpaired) electrons. The lowest BCUT2D eigenvalue weighted by molar-refractivity contribution is -0.870. The van der Waals surface area contributed by atoms with Crippen LogP contribution in [0.3, 0.4) is 0 Å². The Morgan fingerprint density at radius 2 is 1.78 bits per heavy atom. The smallest absolute Gasteiger partial charge is 0.462 e. The van der Waals surface area contributed by atoms with Crippen molar-refractivity contribution in [2.45, 2.75) is 45.1 Å². The predicted molar refractivity (Wildman–Crippen MR) is 88.7 cm³/mol. The number of esters is 1. The first-order chi connectivity index (χ1) is 10.4. The van der Waals surface area contributed by atoms with Crippen molar-refractivity contribution in [3.05, 3.63) is 12.2 Å². The van der Waals surface area contributed by atoms with E-state index in [0.29, 0.717) is 35.9 Å². The van der Waals surface area contributed by atoms with Crippen LogP contribution in [0.1, 0.15) is 39.0 Å². The fourth-order valence-corrected chi connectivity index (χ4v) is 2.51. The summed E-state index contributed by atoms with van der Waals surface area (Å²) in [5, 5.41) is 0. The first kappa shape index (κ1) is 22.3. The van der Waals surface area contributed by atoms with E-state index in [9.17, 15) is 9.36 Å². The van der Waals surface area contributed by atoms with E-state index in [1.54, 1.807) is 6.92 Å². The van der Waals surface area contributed by atoms with Crippen molar-refractivity contribution in [2.24, 2.45) is 0 Å². The number of unbranched alkanes of at least 4 members (excludes halogenated alkanes) is 2. The zero-order valence-corrected chi connectivity index (χ0v) is 15.6. The minimum Gasteiger partial charge on any atom is -0.462 e. The van der Waals surface area contributed by atoms with Gasteiger partial charge < -0.3 is 19.0 Å². The van der Waals surface area contributed by atoms with Gasteiger partial charge in [0.1, 0.15) is 0 Å². The molecule has 2 N–H and O–H groups in total. The molecule has 0 saturated carbocycles. The Labute approximate surface area is 139 Å². The van der Waals surface area contributed by atoms with Crippen LogP contribution < -0.4 is 0 Å². The summed E-state index contributed by atoms with van der Waals surface area (Å²) < 4.78 is 21.6. The Balaban J connectivity index is 4.07. The molecule has 0 spiro atoms. The Bertz CT molecular complexity index is 426. The molecular formula is C15H31NO6P+. The summed E-state index contributed by atoms with van der Waals surface area (Å²) in [7, 11) is 1.58. The highest BCUT2D eigenvalue weighted by Crippen LogP contribution is 2.39. The van der Waals surface area contributed by atoms with E-state index < -0.39 is 19.9 Å². The highest BCUT2D eigenvalue weighted by atomic mass is 31.2. The maximum Gasteiger partial charge on any atom is 0.469 e. The predicted octanol–water partition coefficient (Wildman–Crippen LogP) is 2.24. The summed E-state index contributed by atoms with van der Waals surface area (Å²) in [5.74, 6) is -0.393. The fourth-order valence-electron chi connectivity index (χ4n) is 1.91. The van der Waals surface area contributed by atoms with Gasteiger partial charge in [0.05, 0.1) is 40.4 Å². The van der Waals surface area contributed by atoms with Crippen LogP contribution in [0.5, 0.6) is 0 Å². The standard InChI is InChI=1S/C15H30NO6P/c1-13(2)15(17)21-12-8-6-7-9-14(22-23(18,19)20)10-11-16(3,4)5/h14H,1,6-12H2,2-5H3,(H-,18,19,20)/p+1. The minimum absolute atomic E-state index is 0.328. The number of carbonyl (C=O) groups excluding carboxylic acids is 1. The van der Waals surface area contributed by atoms with Gasteiger partial charge in [-0.3, -0.25) is 4.52 Å². The zero-order valence-electron chi connectivity index (χ0n) is 14.7. The van der Waals surface area contributed by atoms with Crippen LogP contribution in [0.4, 0.5) is 0 Å². The number of carbonyl (C=O) groups is 1. The molecule has 0 aliphatic carbocycles. The third kappa shape index (κ3) is 14.6. The molecule has 1 atom stereocenters. The van der Waals surface area contributed by atoms with Gasteiger partial charge in [-0.1, -0.05) is 13.0 Å². The number of phosphoric ester groups is 1. The molecule has 0 aliphatic heterocycles. The molecule has 7 nitrogen and oxygen atoms in total. The van der Waals surface area contributed by atoms with E-state index in [-0.39, 0.29) is 0 Å². The largest absolute Gasteiger partial charge is 0.469 e. The number of hydrogen-bond donors (Lipinski definition) is 2. The minimum atomic E-state index is -4.48. The zero-order chi connectivity index (χ0) is 18.1. The van der Waals surface area contributed by atoms with Crippen LogP contribution in [-0.4, -0.2) is 60.6 Å². The van der Waals surface area contributed by atoms with Crippen LogP contribution in [-0.2, 0) is 18.6 Å². The highest BCUT2D eigenvalue weighted by Gasteiger charge is 2.23. The first-order valence-electron chi connectivity index (χ1n) is 7.78. The van der Waals surface area contributed by atoms with Crippen LogP contribution in [0.2, 0.25) is 0 Å². The second-order valence-corrected chi connectivity index (χ2v) is 7.98. The third-order valence-corrected chi connectivity index (χ3v) is 3.73. The van der Waals surface area contributed by atoms with E-state index >= 15 is 0 Å². The van der Waals surface area contributed by atoms with E-state index in [0.717, 1.165) is 19.4 Å². The van der Waals surface area contributed by atoms with E-state index in [4.69, 9.17) is 19.0 Å². The van der Waals surface area contributed by atoms with Gasteiger partial charge in [0.15, 0.2) is 0 Å². The summed E-state index contributed by atoms with van der Waals surface area (Å²) in [6, 6.07) is 0. The van der Waals surface area contributed by atoms with Crippen LogP contribution in [0, 0.1) is 0 Å². The molecule has 0 aliphatic rings. The van der Waals surface area contributed by atoms with Gasteiger partial charge in [-0.05, 0) is 26.2 Å². The number of rotatable bonds is 12. The molecule has 0 bridgehead atoms. The van der Waals surface area contributed by atoms with Crippen molar-refractivity contribution in [1.29, 1.82) is 0 Å². The molecule has 0 aromatic rings. The summed E-state index contributed by atoms with van der Waals surface area (Å²) >= 11 is 0. The van der Waals surface area contributed by atoms with Crippen molar-refractivity contribution in [1.82, 2.24) is 0 Å². The first-order valence-corrected chi connectivity index (χ1v) is 9.31. The summed E-state index contributed by atoms with van der Waals surface area (Å²) in [6.07, 6.45) is 2.95. The molecular weight excluding hydrogens is 321 g/mol. The van der Waals surface area contributed by atoms with Gasteiger partial charge in [0.2, 0.25) is 0 Å². The number of hydrogen-bond acceptors (Lipinski definition) is 4. The average molecular weight is 352 g/mol. The topological polar surface area (TPSA) is 93.1 Å². The van der Waals surface area contributed by atoms with Crippen molar-refractivity contribution in [3.63, 3.8) is 0 Å². The second-order valence-electron chi connectivity index (χ2n) is 6.79. The lowest BCUT2D eigenvalue weighted by atomic mass is 10.1. The molecule has 23 heavy (non-hydrogen) atoms. The summed E-state index contributed by atoms with van der Waals surface area (Å²) in [4.78, 5) is 29.2. The van der Waals surface area contributed by atoms with Crippen molar-refractivity contribution in [3.8, 4) is 0 Å². The Morgan fingerprint density at radius 1 is 1.17 bits per heavy atom. The lowest BCUT2D eigenvalue weighted by Crippen LogP contribution is -2.37. The van der Waals surface area contributed by atoms with Crippen LogP contribution in [0.25, 0.3) is 0 Å². The quantitative estimate of drug-likeness (QED) is 0.184. The molecule has 0 aromatic carbocycles. The van der Waals surface area contributed by atoms with Gasteiger partial charge in [0, 0.05) is 12.0 Å². The number of phosphoric acid groups is 1. The Kier molecular flexibility index (Phi) is 9.89.